The Morgan fingerprint density at radius 3 is 1.69 bits per heavy atom. The largest absolute Gasteiger partial charge is 0.463 e. The summed E-state index contributed by atoms with van der Waals surface area (Å²) in [6.07, 6.45) is -7.03. The average Bonchev–Trinajstić information content (AvgIpc) is 2.69. The van der Waals surface area contributed by atoms with Gasteiger partial charge in [-0.2, -0.15) is 0 Å². The van der Waals surface area contributed by atoms with Crippen molar-refractivity contribution >= 4 is 29.8 Å². The molecule has 11 heteroatoms. The molecule has 0 N–H and O–H groups in total. The molecule has 0 aromatic heterocycles. The second-order valence-electron chi connectivity index (χ2n) is 8.25. The van der Waals surface area contributed by atoms with E-state index in [0.717, 1.165) is 33.3 Å². The van der Waals surface area contributed by atoms with Crippen molar-refractivity contribution in [2.75, 3.05) is 6.61 Å². The maximum Gasteiger partial charge on any atom is 0.341 e. The third-order valence-corrected chi connectivity index (χ3v) is 5.05. The van der Waals surface area contributed by atoms with E-state index in [4.69, 9.17) is 28.4 Å². The standard InChI is InChI=1S/C24H30O11/c1-11-8-12(2)19(13(3)9-11)23(29)35-24-22(33-17(7)28)21(32-16(6)27)20(31-15(5)26)18(34-24)10-30-14(4)25/h8-9,18,20-22,24H,10H2,1-7H3/t18-,20-,21+,22-,24+/m1/s1. The lowest BCUT2D eigenvalue weighted by atomic mass is 9.97. The molecule has 11 nitrogen and oxygen atoms in total. The molecule has 1 aromatic carbocycles. The Labute approximate surface area is 202 Å². The fourth-order valence-electron chi connectivity index (χ4n) is 3.95. The molecule has 0 radical (unpaired) electrons. The van der Waals surface area contributed by atoms with Crippen molar-refractivity contribution in [1.29, 1.82) is 0 Å². The van der Waals surface area contributed by atoms with Crippen molar-refractivity contribution in [2.24, 2.45) is 0 Å². The fraction of sp³-hybridized carbons (Fsp3) is 0.542. The summed E-state index contributed by atoms with van der Waals surface area (Å²) >= 11 is 0. The van der Waals surface area contributed by atoms with Gasteiger partial charge in [-0.25, -0.2) is 4.79 Å². The fourth-order valence-corrected chi connectivity index (χ4v) is 3.95. The zero-order chi connectivity index (χ0) is 26.4. The van der Waals surface area contributed by atoms with E-state index in [2.05, 4.69) is 0 Å². The van der Waals surface area contributed by atoms with E-state index in [1.54, 1.807) is 26.0 Å². The summed E-state index contributed by atoms with van der Waals surface area (Å²) < 4.78 is 32.3. The van der Waals surface area contributed by atoms with Gasteiger partial charge >= 0.3 is 29.8 Å². The number of hydrogen-bond acceptors (Lipinski definition) is 11. The van der Waals surface area contributed by atoms with Crippen LogP contribution in [0.5, 0.6) is 0 Å². The first kappa shape index (κ1) is 27.8. The van der Waals surface area contributed by atoms with Crippen LogP contribution in [0.3, 0.4) is 0 Å². The minimum absolute atomic E-state index is 0.281. The molecule has 1 fully saturated rings. The summed E-state index contributed by atoms with van der Waals surface area (Å²) in [5.41, 5.74) is 2.53. The number of esters is 5. The third kappa shape index (κ3) is 7.51. The van der Waals surface area contributed by atoms with Crippen LogP contribution in [-0.2, 0) is 47.6 Å². The molecule has 35 heavy (non-hydrogen) atoms. The number of carbonyl (C=O) groups excluding carboxylic acids is 5. The van der Waals surface area contributed by atoms with E-state index in [-0.39, 0.29) is 5.56 Å². The van der Waals surface area contributed by atoms with Crippen molar-refractivity contribution < 1.29 is 52.4 Å². The first-order valence-corrected chi connectivity index (χ1v) is 10.9. The molecule has 2 rings (SSSR count). The van der Waals surface area contributed by atoms with Crippen LogP contribution in [0.2, 0.25) is 0 Å². The van der Waals surface area contributed by atoms with Crippen LogP contribution in [0.25, 0.3) is 0 Å². The van der Waals surface area contributed by atoms with Crippen molar-refractivity contribution in [2.45, 2.75) is 79.2 Å². The van der Waals surface area contributed by atoms with Gasteiger partial charge in [-0.1, -0.05) is 17.7 Å². The molecule has 1 saturated heterocycles. The summed E-state index contributed by atoms with van der Waals surface area (Å²) in [6, 6.07) is 3.60. The van der Waals surface area contributed by atoms with Gasteiger partial charge in [0.1, 0.15) is 12.7 Å². The minimum Gasteiger partial charge on any atom is -0.463 e. The maximum absolute atomic E-state index is 13.1. The van der Waals surface area contributed by atoms with Gasteiger partial charge in [0.05, 0.1) is 5.56 Å². The number of carbonyl (C=O) groups is 5. The Hall–Kier alpha value is -3.47. The Balaban J connectivity index is 2.50. The van der Waals surface area contributed by atoms with Crippen LogP contribution in [0.15, 0.2) is 12.1 Å². The lowest BCUT2D eigenvalue weighted by molar-refractivity contribution is -0.294. The van der Waals surface area contributed by atoms with Gasteiger partial charge in [0, 0.05) is 27.7 Å². The van der Waals surface area contributed by atoms with Crippen molar-refractivity contribution in [1.82, 2.24) is 0 Å². The van der Waals surface area contributed by atoms with E-state index < -0.39 is 67.2 Å². The molecule has 1 aliphatic rings. The first-order chi connectivity index (χ1) is 16.3. The van der Waals surface area contributed by atoms with Crippen molar-refractivity contribution in [3.63, 3.8) is 0 Å². The second-order valence-corrected chi connectivity index (χ2v) is 8.25. The minimum atomic E-state index is -1.58. The number of hydrogen-bond donors (Lipinski definition) is 0. The number of rotatable bonds is 7. The number of benzene rings is 1. The molecular formula is C24H30O11. The van der Waals surface area contributed by atoms with E-state index in [1.807, 2.05) is 6.92 Å². The van der Waals surface area contributed by atoms with Crippen molar-refractivity contribution in [3.8, 4) is 0 Å². The first-order valence-electron chi connectivity index (χ1n) is 10.9. The molecule has 1 aliphatic heterocycles. The zero-order valence-electron chi connectivity index (χ0n) is 20.7. The third-order valence-electron chi connectivity index (χ3n) is 5.05. The van der Waals surface area contributed by atoms with Crippen LogP contribution in [0.1, 0.15) is 54.7 Å². The molecule has 1 aromatic rings. The lowest BCUT2D eigenvalue weighted by Crippen LogP contribution is -2.63. The molecule has 0 spiro atoms. The quantitative estimate of drug-likeness (QED) is 0.405. The number of aryl methyl sites for hydroxylation is 3. The van der Waals surface area contributed by atoms with Crippen LogP contribution in [-0.4, -0.2) is 67.2 Å². The Morgan fingerprint density at radius 2 is 1.20 bits per heavy atom. The Kier molecular flexibility index (Phi) is 9.35. The summed E-state index contributed by atoms with van der Waals surface area (Å²) in [5, 5.41) is 0. The van der Waals surface area contributed by atoms with E-state index in [9.17, 15) is 24.0 Å². The molecule has 0 amide bonds. The van der Waals surface area contributed by atoms with Gasteiger partial charge in [-0.05, 0) is 31.9 Å². The highest BCUT2D eigenvalue weighted by atomic mass is 16.7. The van der Waals surface area contributed by atoms with Crippen LogP contribution >= 0.6 is 0 Å². The SMILES string of the molecule is CC(=O)OC[C@H]1O[C@@H](OC(=O)c2c(C)cc(C)cc2C)[C@H](OC(C)=O)[C@@H](OC(C)=O)[C@@H]1OC(C)=O. The maximum atomic E-state index is 13.1. The monoisotopic (exact) mass is 494 g/mol. The van der Waals surface area contributed by atoms with Gasteiger partial charge in [0.15, 0.2) is 12.2 Å². The van der Waals surface area contributed by atoms with Gasteiger partial charge in [0.25, 0.3) is 0 Å². The topological polar surface area (TPSA) is 141 Å². The molecule has 0 bridgehead atoms. The van der Waals surface area contributed by atoms with Crippen LogP contribution in [0, 0.1) is 20.8 Å². The number of ether oxygens (including phenoxy) is 6. The highest BCUT2D eigenvalue weighted by molar-refractivity contribution is 5.93. The van der Waals surface area contributed by atoms with Crippen LogP contribution < -0.4 is 0 Å². The predicted molar refractivity (Wildman–Crippen MR) is 118 cm³/mol. The van der Waals surface area contributed by atoms with E-state index >= 15 is 0 Å². The van der Waals surface area contributed by atoms with E-state index in [1.165, 1.54) is 0 Å². The Bertz CT molecular complexity index is 976. The molecule has 5 atom stereocenters. The second kappa shape index (κ2) is 11.8. The van der Waals surface area contributed by atoms with Gasteiger partial charge in [-0.15, -0.1) is 0 Å². The van der Waals surface area contributed by atoms with Crippen molar-refractivity contribution in [3.05, 3.63) is 34.4 Å². The smallest absolute Gasteiger partial charge is 0.341 e. The summed E-state index contributed by atoms with van der Waals surface area (Å²) in [4.78, 5) is 60.1. The van der Waals surface area contributed by atoms with Gasteiger partial charge in [-0.3, -0.25) is 19.2 Å². The van der Waals surface area contributed by atoms with Crippen LogP contribution in [0.4, 0.5) is 0 Å². The lowest BCUT2D eigenvalue weighted by Gasteiger charge is -2.43. The highest BCUT2D eigenvalue weighted by Gasteiger charge is 2.53. The summed E-state index contributed by atoms with van der Waals surface area (Å²) in [7, 11) is 0. The Morgan fingerprint density at radius 1 is 0.714 bits per heavy atom. The molecule has 0 unspecified atom stereocenters. The summed E-state index contributed by atoms with van der Waals surface area (Å²) in [6.45, 7) is 9.42. The zero-order valence-corrected chi connectivity index (χ0v) is 20.7. The molecule has 1 heterocycles. The van der Waals surface area contributed by atoms with E-state index in [0.29, 0.717) is 11.1 Å². The predicted octanol–water partition coefficient (Wildman–Crippen LogP) is 1.85. The average molecular weight is 494 g/mol. The molecule has 0 aliphatic carbocycles. The normalized spacial score (nSPS) is 23.6. The summed E-state index contributed by atoms with van der Waals surface area (Å²) in [5.74, 6) is -3.76. The molecule has 192 valence electrons. The van der Waals surface area contributed by atoms with Gasteiger partial charge < -0.3 is 28.4 Å². The molecular weight excluding hydrogens is 464 g/mol. The highest BCUT2D eigenvalue weighted by Crippen LogP contribution is 2.31. The molecule has 0 saturated carbocycles. The van der Waals surface area contributed by atoms with Gasteiger partial charge in [0.2, 0.25) is 12.4 Å².